The molecule has 1 nitrogen and oxygen atoms in total. The molecule has 0 spiro atoms. The Balaban J connectivity index is 2.60. The van der Waals surface area contributed by atoms with Crippen LogP contribution in [0.25, 0.3) is 0 Å². The number of nitrogens with two attached hydrogens (primary N) is 1. The Bertz CT molecular complexity index is 266. The highest BCUT2D eigenvalue weighted by atomic mass is 19.1. The average Bonchev–Trinajstić information content (AvgIpc) is 2.15. The molecule has 2 N–H and O–H groups in total. The molecule has 0 saturated heterocycles. The van der Waals surface area contributed by atoms with Gasteiger partial charge in [0, 0.05) is 6.04 Å². The van der Waals surface area contributed by atoms with E-state index in [9.17, 15) is 4.39 Å². The van der Waals surface area contributed by atoms with E-state index in [1.807, 2.05) is 6.08 Å². The standard InChI is InChI=1S/C11H14FN/c1-2-3-4-11(13)9-5-7-10(12)8-6-9/h2,5-8,11H,1,3-4,13H2. The van der Waals surface area contributed by atoms with Gasteiger partial charge in [-0.25, -0.2) is 4.39 Å². The van der Waals surface area contributed by atoms with Crippen molar-refractivity contribution in [3.05, 3.63) is 48.3 Å². The summed E-state index contributed by atoms with van der Waals surface area (Å²) in [6.07, 6.45) is 3.58. The fourth-order valence-electron chi connectivity index (χ4n) is 1.17. The zero-order valence-electron chi connectivity index (χ0n) is 7.54. The maximum atomic E-state index is 12.5. The fourth-order valence-corrected chi connectivity index (χ4v) is 1.17. The van der Waals surface area contributed by atoms with Crippen molar-refractivity contribution in [1.82, 2.24) is 0 Å². The Morgan fingerprint density at radius 3 is 2.54 bits per heavy atom. The number of allylic oxidation sites excluding steroid dienone is 1. The second kappa shape index (κ2) is 4.77. The van der Waals surface area contributed by atoms with Crippen molar-refractivity contribution in [2.45, 2.75) is 18.9 Å². The smallest absolute Gasteiger partial charge is 0.123 e. The van der Waals surface area contributed by atoms with Gasteiger partial charge in [0.15, 0.2) is 0 Å². The first-order chi connectivity index (χ1) is 6.24. The van der Waals surface area contributed by atoms with Gasteiger partial charge in [0.1, 0.15) is 5.82 Å². The Kier molecular flexibility index (Phi) is 3.65. The molecule has 1 atom stereocenters. The molecule has 0 heterocycles. The molecule has 13 heavy (non-hydrogen) atoms. The van der Waals surface area contributed by atoms with Crippen LogP contribution in [0.2, 0.25) is 0 Å². The Morgan fingerprint density at radius 1 is 1.38 bits per heavy atom. The van der Waals surface area contributed by atoms with Crippen LogP contribution in [0.5, 0.6) is 0 Å². The van der Waals surface area contributed by atoms with Crippen molar-refractivity contribution in [3.63, 3.8) is 0 Å². The summed E-state index contributed by atoms with van der Waals surface area (Å²) in [6, 6.07) is 6.30. The molecule has 0 aromatic heterocycles. The Labute approximate surface area is 78.1 Å². The van der Waals surface area contributed by atoms with Gasteiger partial charge in [-0.2, -0.15) is 0 Å². The van der Waals surface area contributed by atoms with E-state index >= 15 is 0 Å². The van der Waals surface area contributed by atoms with Gasteiger partial charge in [-0.3, -0.25) is 0 Å². The van der Waals surface area contributed by atoms with E-state index in [1.54, 1.807) is 12.1 Å². The van der Waals surface area contributed by atoms with Crippen LogP contribution in [0, 0.1) is 5.82 Å². The third-order valence-electron chi connectivity index (χ3n) is 1.98. The zero-order valence-corrected chi connectivity index (χ0v) is 7.54. The highest BCUT2D eigenvalue weighted by Crippen LogP contribution is 2.15. The number of hydrogen-bond acceptors (Lipinski definition) is 1. The van der Waals surface area contributed by atoms with Crippen LogP contribution in [0.4, 0.5) is 4.39 Å². The highest BCUT2D eigenvalue weighted by molar-refractivity contribution is 5.19. The Morgan fingerprint density at radius 2 is 2.00 bits per heavy atom. The molecule has 0 aliphatic rings. The molecule has 1 aromatic carbocycles. The maximum Gasteiger partial charge on any atom is 0.123 e. The number of benzene rings is 1. The second-order valence-corrected chi connectivity index (χ2v) is 3.02. The molecule has 0 amide bonds. The molecule has 0 aliphatic heterocycles. The van der Waals surface area contributed by atoms with Gasteiger partial charge in [0.25, 0.3) is 0 Å². The summed E-state index contributed by atoms with van der Waals surface area (Å²) in [5, 5.41) is 0. The molecule has 70 valence electrons. The van der Waals surface area contributed by atoms with E-state index in [4.69, 9.17) is 5.73 Å². The highest BCUT2D eigenvalue weighted by Gasteiger charge is 2.03. The van der Waals surface area contributed by atoms with Crippen LogP contribution in [0.3, 0.4) is 0 Å². The van der Waals surface area contributed by atoms with Crippen molar-refractivity contribution in [2.75, 3.05) is 0 Å². The molecule has 0 radical (unpaired) electrons. The van der Waals surface area contributed by atoms with Gasteiger partial charge in [-0.1, -0.05) is 18.2 Å². The van der Waals surface area contributed by atoms with E-state index in [1.165, 1.54) is 12.1 Å². The predicted molar refractivity (Wildman–Crippen MR) is 52.8 cm³/mol. The van der Waals surface area contributed by atoms with Gasteiger partial charge in [0.05, 0.1) is 0 Å². The lowest BCUT2D eigenvalue weighted by atomic mass is 10.0. The van der Waals surface area contributed by atoms with E-state index in [-0.39, 0.29) is 11.9 Å². The average molecular weight is 179 g/mol. The monoisotopic (exact) mass is 179 g/mol. The van der Waals surface area contributed by atoms with Gasteiger partial charge < -0.3 is 5.73 Å². The lowest BCUT2D eigenvalue weighted by molar-refractivity contribution is 0.620. The minimum atomic E-state index is -0.223. The number of halogens is 1. The van der Waals surface area contributed by atoms with Crippen molar-refractivity contribution in [1.29, 1.82) is 0 Å². The van der Waals surface area contributed by atoms with E-state index < -0.39 is 0 Å². The number of rotatable bonds is 4. The first-order valence-corrected chi connectivity index (χ1v) is 4.36. The quantitative estimate of drug-likeness (QED) is 0.707. The van der Waals surface area contributed by atoms with Crippen molar-refractivity contribution >= 4 is 0 Å². The minimum Gasteiger partial charge on any atom is -0.324 e. The first-order valence-electron chi connectivity index (χ1n) is 4.36. The largest absolute Gasteiger partial charge is 0.324 e. The van der Waals surface area contributed by atoms with Crippen LogP contribution in [0.15, 0.2) is 36.9 Å². The predicted octanol–water partition coefficient (Wildman–Crippen LogP) is 2.79. The summed E-state index contributed by atoms with van der Waals surface area (Å²) >= 11 is 0. The Hall–Kier alpha value is -1.15. The molecule has 0 saturated carbocycles. The fraction of sp³-hybridized carbons (Fsp3) is 0.273. The molecular weight excluding hydrogens is 165 g/mol. The van der Waals surface area contributed by atoms with Gasteiger partial charge in [0.2, 0.25) is 0 Å². The molecular formula is C11H14FN. The summed E-state index contributed by atoms with van der Waals surface area (Å²) in [4.78, 5) is 0. The number of hydrogen-bond donors (Lipinski definition) is 1. The van der Waals surface area contributed by atoms with E-state index in [2.05, 4.69) is 6.58 Å². The van der Waals surface area contributed by atoms with Crippen LogP contribution < -0.4 is 5.73 Å². The van der Waals surface area contributed by atoms with Crippen molar-refractivity contribution in [2.24, 2.45) is 5.73 Å². The summed E-state index contributed by atoms with van der Waals surface area (Å²) in [5.74, 6) is -0.223. The molecule has 2 heteroatoms. The molecule has 1 aromatic rings. The molecule has 0 fully saturated rings. The normalized spacial score (nSPS) is 12.5. The minimum absolute atomic E-state index is 0.0152. The zero-order chi connectivity index (χ0) is 9.68. The SMILES string of the molecule is C=CCCC(N)c1ccc(F)cc1. The summed E-state index contributed by atoms with van der Waals surface area (Å²) in [6.45, 7) is 3.62. The van der Waals surface area contributed by atoms with Gasteiger partial charge in [-0.15, -0.1) is 6.58 Å². The maximum absolute atomic E-state index is 12.5. The lowest BCUT2D eigenvalue weighted by Crippen LogP contribution is -2.09. The van der Waals surface area contributed by atoms with Crippen LogP contribution in [0.1, 0.15) is 24.4 Å². The van der Waals surface area contributed by atoms with E-state index in [0.29, 0.717) is 0 Å². The van der Waals surface area contributed by atoms with Crippen LogP contribution in [-0.2, 0) is 0 Å². The van der Waals surface area contributed by atoms with Gasteiger partial charge in [-0.05, 0) is 30.5 Å². The van der Waals surface area contributed by atoms with Crippen molar-refractivity contribution < 1.29 is 4.39 Å². The van der Waals surface area contributed by atoms with Crippen LogP contribution >= 0.6 is 0 Å². The van der Waals surface area contributed by atoms with Gasteiger partial charge >= 0.3 is 0 Å². The first kappa shape index (κ1) is 9.93. The lowest BCUT2D eigenvalue weighted by Gasteiger charge is -2.09. The summed E-state index contributed by atoms with van der Waals surface area (Å²) in [5.41, 5.74) is 6.84. The summed E-state index contributed by atoms with van der Waals surface area (Å²) in [7, 11) is 0. The summed E-state index contributed by atoms with van der Waals surface area (Å²) < 4.78 is 12.5. The molecule has 1 rings (SSSR count). The van der Waals surface area contributed by atoms with Crippen LogP contribution in [-0.4, -0.2) is 0 Å². The molecule has 0 bridgehead atoms. The van der Waals surface area contributed by atoms with Crippen molar-refractivity contribution in [3.8, 4) is 0 Å². The molecule has 0 aliphatic carbocycles. The third kappa shape index (κ3) is 2.99. The topological polar surface area (TPSA) is 26.0 Å². The third-order valence-corrected chi connectivity index (χ3v) is 1.98. The second-order valence-electron chi connectivity index (χ2n) is 3.02. The molecule has 1 unspecified atom stereocenters. The van der Waals surface area contributed by atoms with E-state index in [0.717, 1.165) is 18.4 Å².